The third-order valence-corrected chi connectivity index (χ3v) is 3.43. The van der Waals surface area contributed by atoms with Crippen molar-refractivity contribution in [2.75, 3.05) is 5.32 Å². The van der Waals surface area contributed by atoms with Crippen LogP contribution in [0.2, 0.25) is 5.02 Å². The van der Waals surface area contributed by atoms with Crippen molar-refractivity contribution in [1.82, 2.24) is 0 Å². The van der Waals surface area contributed by atoms with Gasteiger partial charge in [0.2, 0.25) is 0 Å². The maximum atomic E-state index is 9.62. The molecule has 0 bridgehead atoms. The summed E-state index contributed by atoms with van der Waals surface area (Å²) in [5, 5.41) is 13.4. The Morgan fingerprint density at radius 1 is 1.00 bits per heavy atom. The number of hydrogen-bond donors (Lipinski definition) is 2. The highest BCUT2D eigenvalue weighted by molar-refractivity contribution is 6.32. The highest BCUT2D eigenvalue weighted by atomic mass is 35.5. The second-order valence-electron chi connectivity index (χ2n) is 4.24. The van der Waals surface area contributed by atoms with Crippen LogP contribution in [0, 0.1) is 0 Å². The number of para-hydroxylation sites is 1. The summed E-state index contributed by atoms with van der Waals surface area (Å²) in [7, 11) is 0. The van der Waals surface area contributed by atoms with Gasteiger partial charge in [-0.25, -0.2) is 0 Å². The lowest BCUT2D eigenvalue weighted by Crippen LogP contribution is -1.93. The molecule has 0 saturated carbocycles. The SMILES string of the molecule is Oc1cc2c(cc1Cl)Nc1ccccc1CC2. The Bertz CT molecular complexity index is 580. The topological polar surface area (TPSA) is 32.3 Å². The molecule has 2 aromatic rings. The van der Waals surface area contributed by atoms with E-state index in [0.29, 0.717) is 5.02 Å². The molecule has 86 valence electrons. The third kappa shape index (κ3) is 1.85. The second-order valence-corrected chi connectivity index (χ2v) is 4.65. The lowest BCUT2D eigenvalue weighted by atomic mass is 10.0. The summed E-state index contributed by atoms with van der Waals surface area (Å²) in [6.07, 6.45) is 1.88. The number of rotatable bonds is 0. The zero-order valence-electron chi connectivity index (χ0n) is 9.20. The highest BCUT2D eigenvalue weighted by Gasteiger charge is 2.14. The predicted octanol–water partition coefficient (Wildman–Crippen LogP) is 3.89. The minimum Gasteiger partial charge on any atom is -0.506 e. The van der Waals surface area contributed by atoms with Gasteiger partial charge in [-0.2, -0.15) is 0 Å². The van der Waals surface area contributed by atoms with E-state index in [2.05, 4.69) is 17.4 Å². The number of hydrogen-bond acceptors (Lipinski definition) is 2. The number of aryl methyl sites for hydroxylation is 2. The minimum atomic E-state index is 0.151. The summed E-state index contributed by atoms with van der Waals surface area (Å²) in [5.41, 5.74) is 4.49. The number of phenols is 1. The van der Waals surface area contributed by atoms with Crippen molar-refractivity contribution >= 4 is 23.0 Å². The van der Waals surface area contributed by atoms with Crippen LogP contribution in [0.3, 0.4) is 0 Å². The van der Waals surface area contributed by atoms with Gasteiger partial charge in [0.15, 0.2) is 0 Å². The molecule has 3 rings (SSSR count). The summed E-state index contributed by atoms with van der Waals surface area (Å²) in [5.74, 6) is 0.151. The smallest absolute Gasteiger partial charge is 0.134 e. The fourth-order valence-electron chi connectivity index (χ4n) is 2.20. The Morgan fingerprint density at radius 2 is 1.76 bits per heavy atom. The van der Waals surface area contributed by atoms with Crippen LogP contribution in [0.4, 0.5) is 11.4 Å². The van der Waals surface area contributed by atoms with Crippen LogP contribution in [-0.2, 0) is 12.8 Å². The molecule has 2 nitrogen and oxygen atoms in total. The molecule has 0 atom stereocenters. The van der Waals surface area contributed by atoms with Crippen molar-refractivity contribution in [2.24, 2.45) is 0 Å². The monoisotopic (exact) mass is 245 g/mol. The maximum absolute atomic E-state index is 9.62. The summed E-state index contributed by atoms with van der Waals surface area (Å²) >= 11 is 5.94. The van der Waals surface area contributed by atoms with Crippen molar-refractivity contribution in [3.05, 3.63) is 52.5 Å². The van der Waals surface area contributed by atoms with Crippen LogP contribution in [0.1, 0.15) is 11.1 Å². The van der Waals surface area contributed by atoms with E-state index in [1.807, 2.05) is 12.1 Å². The molecule has 17 heavy (non-hydrogen) atoms. The second kappa shape index (κ2) is 3.97. The van der Waals surface area contributed by atoms with Crippen molar-refractivity contribution in [2.45, 2.75) is 12.8 Å². The van der Waals surface area contributed by atoms with Gasteiger partial charge in [0.25, 0.3) is 0 Å². The fraction of sp³-hybridized carbons (Fsp3) is 0.143. The fourth-order valence-corrected chi connectivity index (χ4v) is 2.37. The van der Waals surface area contributed by atoms with Gasteiger partial charge in [-0.05, 0) is 42.2 Å². The molecule has 3 heteroatoms. The van der Waals surface area contributed by atoms with E-state index in [1.165, 1.54) is 5.56 Å². The van der Waals surface area contributed by atoms with Crippen LogP contribution >= 0.6 is 11.6 Å². The number of nitrogens with one attached hydrogen (secondary N) is 1. The normalized spacial score (nSPS) is 13.2. The van der Waals surface area contributed by atoms with E-state index >= 15 is 0 Å². The van der Waals surface area contributed by atoms with Crippen molar-refractivity contribution < 1.29 is 5.11 Å². The molecule has 0 aromatic heterocycles. The van der Waals surface area contributed by atoms with Crippen LogP contribution < -0.4 is 5.32 Å². The van der Waals surface area contributed by atoms with Crippen molar-refractivity contribution in [3.8, 4) is 5.75 Å². The van der Waals surface area contributed by atoms with Gasteiger partial charge in [-0.15, -0.1) is 0 Å². The van der Waals surface area contributed by atoms with Gasteiger partial charge < -0.3 is 10.4 Å². The molecular weight excluding hydrogens is 234 g/mol. The van der Waals surface area contributed by atoms with Crippen molar-refractivity contribution in [1.29, 1.82) is 0 Å². The summed E-state index contributed by atoms with van der Waals surface area (Å²) in [6, 6.07) is 11.8. The number of anilines is 2. The van der Waals surface area contributed by atoms with E-state index in [0.717, 1.165) is 29.8 Å². The Kier molecular flexibility index (Phi) is 2.45. The average Bonchev–Trinajstić information content (AvgIpc) is 2.49. The minimum absolute atomic E-state index is 0.151. The van der Waals surface area contributed by atoms with Crippen LogP contribution in [0.5, 0.6) is 5.75 Å². The Hall–Kier alpha value is -1.67. The Balaban J connectivity index is 2.11. The van der Waals surface area contributed by atoms with E-state index in [4.69, 9.17) is 11.6 Å². The Morgan fingerprint density at radius 3 is 2.65 bits per heavy atom. The summed E-state index contributed by atoms with van der Waals surface area (Å²) < 4.78 is 0. The molecule has 0 radical (unpaired) electrons. The summed E-state index contributed by atoms with van der Waals surface area (Å²) in [4.78, 5) is 0. The molecule has 1 aliphatic heterocycles. The molecule has 0 aliphatic carbocycles. The highest BCUT2D eigenvalue weighted by Crippen LogP contribution is 2.35. The molecule has 2 N–H and O–H groups in total. The molecule has 2 aromatic carbocycles. The first-order chi connectivity index (χ1) is 8.24. The first-order valence-electron chi connectivity index (χ1n) is 5.60. The van der Waals surface area contributed by atoms with Gasteiger partial charge in [0, 0.05) is 11.4 Å². The predicted molar refractivity (Wildman–Crippen MR) is 70.2 cm³/mol. The van der Waals surface area contributed by atoms with Crippen LogP contribution in [0.15, 0.2) is 36.4 Å². The molecule has 1 aliphatic rings. The molecule has 0 fully saturated rings. The standard InChI is InChI=1S/C14H12ClNO/c15-11-8-13-10(7-14(11)17)6-5-9-3-1-2-4-12(9)16-13/h1-4,7-8,16-17H,5-6H2. The Labute approximate surface area is 105 Å². The molecule has 0 unspecified atom stereocenters. The van der Waals surface area contributed by atoms with Crippen molar-refractivity contribution in [3.63, 3.8) is 0 Å². The van der Waals surface area contributed by atoms with E-state index in [9.17, 15) is 5.11 Å². The zero-order valence-corrected chi connectivity index (χ0v) is 9.96. The molecular formula is C14H12ClNO. The number of phenolic OH excluding ortho intramolecular Hbond substituents is 1. The molecule has 0 saturated heterocycles. The van der Waals surface area contributed by atoms with Gasteiger partial charge >= 0.3 is 0 Å². The van der Waals surface area contributed by atoms with E-state index in [1.54, 1.807) is 12.1 Å². The van der Waals surface area contributed by atoms with E-state index in [-0.39, 0.29) is 5.75 Å². The van der Waals surface area contributed by atoms with Gasteiger partial charge in [-0.1, -0.05) is 29.8 Å². The van der Waals surface area contributed by atoms with Gasteiger partial charge in [-0.3, -0.25) is 0 Å². The molecule has 0 spiro atoms. The third-order valence-electron chi connectivity index (χ3n) is 3.12. The number of aromatic hydroxyl groups is 1. The first kappa shape index (κ1) is 10.5. The quantitative estimate of drug-likeness (QED) is 0.691. The van der Waals surface area contributed by atoms with Crippen LogP contribution in [0.25, 0.3) is 0 Å². The summed E-state index contributed by atoms with van der Waals surface area (Å²) in [6.45, 7) is 0. The maximum Gasteiger partial charge on any atom is 0.134 e. The molecule has 0 amide bonds. The lowest BCUT2D eigenvalue weighted by Gasteiger charge is -2.10. The number of fused-ring (bicyclic) bond motifs is 2. The average molecular weight is 246 g/mol. The van der Waals surface area contributed by atoms with Gasteiger partial charge in [0.1, 0.15) is 5.75 Å². The lowest BCUT2D eigenvalue weighted by molar-refractivity contribution is 0.475. The zero-order chi connectivity index (χ0) is 11.8. The number of halogens is 1. The van der Waals surface area contributed by atoms with Crippen LogP contribution in [-0.4, -0.2) is 5.11 Å². The molecule has 1 heterocycles. The first-order valence-corrected chi connectivity index (χ1v) is 5.98. The number of benzene rings is 2. The van der Waals surface area contributed by atoms with Gasteiger partial charge in [0.05, 0.1) is 5.02 Å². The largest absolute Gasteiger partial charge is 0.506 e. The van der Waals surface area contributed by atoms with E-state index < -0.39 is 0 Å².